The lowest BCUT2D eigenvalue weighted by Crippen LogP contribution is -2.20. The summed E-state index contributed by atoms with van der Waals surface area (Å²) < 4.78 is 7.59. The Morgan fingerprint density at radius 1 is 1.15 bits per heavy atom. The second-order valence-corrected chi connectivity index (χ2v) is 7.34. The van der Waals surface area contributed by atoms with Gasteiger partial charge in [-0.15, -0.1) is 10.2 Å². The minimum Gasteiger partial charge on any atom is -0.491 e. The molecule has 1 N–H and O–H groups in total. The summed E-state index contributed by atoms with van der Waals surface area (Å²) in [6, 6.07) is 15.2. The maximum atomic E-state index is 10.2. The van der Waals surface area contributed by atoms with E-state index < -0.39 is 6.10 Å². The molecular weight excluding hydrogens is 370 g/mol. The van der Waals surface area contributed by atoms with E-state index >= 15 is 0 Å². The molecule has 3 aromatic rings. The number of rotatable bonds is 7. The van der Waals surface area contributed by atoms with Crippen LogP contribution in [0.3, 0.4) is 0 Å². The highest BCUT2D eigenvalue weighted by molar-refractivity contribution is 7.99. The number of ether oxygens (including phenoxy) is 1. The molecule has 3 rings (SSSR count). The monoisotopic (exact) mass is 389 g/mol. The fraction of sp³-hybridized carbons (Fsp3) is 0.263. The zero-order valence-electron chi connectivity index (χ0n) is 14.6. The lowest BCUT2D eigenvalue weighted by atomic mass is 10.2. The van der Waals surface area contributed by atoms with Crippen molar-refractivity contribution in [1.82, 2.24) is 14.8 Å². The third-order valence-corrected chi connectivity index (χ3v) is 5.28. The molecule has 0 amide bonds. The SMILES string of the molecule is Cc1ccccc1OC[C@H](O)CSc1nnc(-c2ccc(Cl)cc2)n1C. The third kappa shape index (κ3) is 4.58. The first-order valence-electron chi connectivity index (χ1n) is 8.19. The van der Waals surface area contributed by atoms with Crippen LogP contribution in [0.5, 0.6) is 5.75 Å². The summed E-state index contributed by atoms with van der Waals surface area (Å²) in [5.74, 6) is 2.02. The van der Waals surface area contributed by atoms with Gasteiger partial charge in [-0.3, -0.25) is 0 Å². The summed E-state index contributed by atoms with van der Waals surface area (Å²) in [5.41, 5.74) is 1.99. The Kier molecular flexibility index (Phi) is 6.19. The van der Waals surface area contributed by atoms with E-state index in [-0.39, 0.29) is 6.61 Å². The van der Waals surface area contributed by atoms with Gasteiger partial charge in [0.2, 0.25) is 0 Å². The standard InChI is InChI=1S/C19H20ClN3O2S/c1-13-5-3-4-6-17(13)25-11-16(24)12-26-19-22-21-18(23(19)2)14-7-9-15(20)10-8-14/h3-10,16,24H,11-12H2,1-2H3/t16-/m0/s1. The number of nitrogens with zero attached hydrogens (tertiary/aromatic N) is 3. The third-order valence-electron chi connectivity index (χ3n) is 3.87. The van der Waals surface area contributed by atoms with E-state index in [9.17, 15) is 5.11 Å². The van der Waals surface area contributed by atoms with Crippen LogP contribution in [0.15, 0.2) is 53.7 Å². The van der Waals surface area contributed by atoms with E-state index in [0.717, 1.165) is 27.9 Å². The Morgan fingerprint density at radius 2 is 1.88 bits per heavy atom. The lowest BCUT2D eigenvalue weighted by Gasteiger charge is -2.13. The van der Waals surface area contributed by atoms with Gasteiger partial charge in [0.25, 0.3) is 0 Å². The van der Waals surface area contributed by atoms with Crippen LogP contribution < -0.4 is 4.74 Å². The molecule has 1 heterocycles. The minimum absolute atomic E-state index is 0.236. The molecule has 1 atom stereocenters. The van der Waals surface area contributed by atoms with Gasteiger partial charge < -0.3 is 14.4 Å². The zero-order valence-corrected chi connectivity index (χ0v) is 16.2. The van der Waals surface area contributed by atoms with Crippen LogP contribution >= 0.6 is 23.4 Å². The molecule has 0 unspecified atom stereocenters. The molecule has 26 heavy (non-hydrogen) atoms. The number of aromatic nitrogens is 3. The highest BCUT2D eigenvalue weighted by atomic mass is 35.5. The van der Waals surface area contributed by atoms with Crippen LogP contribution in [0.4, 0.5) is 0 Å². The van der Waals surface area contributed by atoms with Gasteiger partial charge >= 0.3 is 0 Å². The van der Waals surface area contributed by atoms with Gasteiger partial charge in [-0.2, -0.15) is 0 Å². The van der Waals surface area contributed by atoms with Crippen LogP contribution in [-0.4, -0.2) is 38.3 Å². The van der Waals surface area contributed by atoms with Gasteiger partial charge in [0, 0.05) is 23.4 Å². The summed E-state index contributed by atoms with van der Waals surface area (Å²) in [7, 11) is 1.91. The van der Waals surface area contributed by atoms with Crippen molar-refractivity contribution in [2.75, 3.05) is 12.4 Å². The number of halogens is 1. The lowest BCUT2D eigenvalue weighted by molar-refractivity contribution is 0.126. The molecule has 5 nitrogen and oxygen atoms in total. The van der Waals surface area contributed by atoms with E-state index in [1.165, 1.54) is 11.8 Å². The molecule has 136 valence electrons. The van der Waals surface area contributed by atoms with Crippen LogP contribution in [0.1, 0.15) is 5.56 Å². The van der Waals surface area contributed by atoms with Crippen molar-refractivity contribution in [1.29, 1.82) is 0 Å². The van der Waals surface area contributed by atoms with Crippen molar-refractivity contribution in [3.63, 3.8) is 0 Å². The fourth-order valence-electron chi connectivity index (χ4n) is 2.41. The summed E-state index contributed by atoms with van der Waals surface area (Å²) in [5, 5.41) is 20.1. The number of benzene rings is 2. The number of para-hydroxylation sites is 1. The molecular formula is C19H20ClN3O2S. The molecule has 2 aromatic carbocycles. The number of aliphatic hydroxyl groups excluding tert-OH is 1. The Hall–Kier alpha value is -2.02. The molecule has 7 heteroatoms. The highest BCUT2D eigenvalue weighted by Gasteiger charge is 2.14. The number of aryl methyl sites for hydroxylation is 1. The second-order valence-electron chi connectivity index (χ2n) is 5.91. The summed E-state index contributed by atoms with van der Waals surface area (Å²) in [4.78, 5) is 0. The highest BCUT2D eigenvalue weighted by Crippen LogP contribution is 2.24. The first-order chi connectivity index (χ1) is 12.5. The Bertz CT molecular complexity index is 867. The zero-order chi connectivity index (χ0) is 18.5. The number of hydrogen-bond acceptors (Lipinski definition) is 5. The normalized spacial score (nSPS) is 12.2. The number of thioether (sulfide) groups is 1. The molecule has 0 aliphatic heterocycles. The first-order valence-corrected chi connectivity index (χ1v) is 9.55. The predicted molar refractivity (Wildman–Crippen MR) is 105 cm³/mol. The maximum Gasteiger partial charge on any atom is 0.191 e. The smallest absolute Gasteiger partial charge is 0.191 e. The van der Waals surface area contributed by atoms with Crippen LogP contribution in [0.25, 0.3) is 11.4 Å². The van der Waals surface area contributed by atoms with E-state index in [1.807, 2.05) is 67.1 Å². The van der Waals surface area contributed by atoms with Crippen molar-refractivity contribution in [2.45, 2.75) is 18.2 Å². The molecule has 0 saturated carbocycles. The van der Waals surface area contributed by atoms with Crippen molar-refractivity contribution in [3.05, 3.63) is 59.1 Å². The maximum absolute atomic E-state index is 10.2. The summed E-state index contributed by atoms with van der Waals surface area (Å²) in [6.07, 6.45) is -0.602. The second kappa shape index (κ2) is 8.58. The number of hydrogen-bond donors (Lipinski definition) is 1. The van der Waals surface area contributed by atoms with E-state index in [2.05, 4.69) is 10.2 Å². The molecule has 0 fully saturated rings. The van der Waals surface area contributed by atoms with Gasteiger partial charge in [-0.25, -0.2) is 0 Å². The van der Waals surface area contributed by atoms with Crippen LogP contribution in [0, 0.1) is 6.92 Å². The van der Waals surface area contributed by atoms with Crippen molar-refractivity contribution in [3.8, 4) is 17.1 Å². The first kappa shape index (κ1) is 18.8. The van der Waals surface area contributed by atoms with Crippen molar-refractivity contribution in [2.24, 2.45) is 7.05 Å². The largest absolute Gasteiger partial charge is 0.491 e. The molecule has 0 bridgehead atoms. The van der Waals surface area contributed by atoms with Gasteiger partial charge in [0.05, 0.1) is 6.10 Å². The molecule has 0 aliphatic carbocycles. The van der Waals surface area contributed by atoms with Gasteiger partial charge in [0.1, 0.15) is 12.4 Å². The van der Waals surface area contributed by atoms with E-state index in [0.29, 0.717) is 10.8 Å². The molecule has 0 radical (unpaired) electrons. The van der Waals surface area contributed by atoms with E-state index in [4.69, 9.17) is 16.3 Å². The predicted octanol–water partition coefficient (Wildman–Crippen LogP) is 3.98. The number of aliphatic hydroxyl groups is 1. The molecule has 0 aliphatic rings. The van der Waals surface area contributed by atoms with Crippen LogP contribution in [0.2, 0.25) is 5.02 Å². The van der Waals surface area contributed by atoms with E-state index in [1.54, 1.807) is 0 Å². The van der Waals surface area contributed by atoms with Crippen molar-refractivity contribution >= 4 is 23.4 Å². The fourth-order valence-corrected chi connectivity index (χ4v) is 3.36. The van der Waals surface area contributed by atoms with Gasteiger partial charge in [-0.05, 0) is 42.8 Å². The summed E-state index contributed by atoms with van der Waals surface area (Å²) >= 11 is 7.37. The average Bonchev–Trinajstić information content (AvgIpc) is 3.00. The Morgan fingerprint density at radius 3 is 2.62 bits per heavy atom. The Labute approximate surface area is 162 Å². The molecule has 0 spiro atoms. The average molecular weight is 390 g/mol. The molecule has 0 saturated heterocycles. The van der Waals surface area contributed by atoms with Crippen LogP contribution in [-0.2, 0) is 7.05 Å². The molecule has 1 aromatic heterocycles. The van der Waals surface area contributed by atoms with Gasteiger partial charge in [0.15, 0.2) is 11.0 Å². The van der Waals surface area contributed by atoms with Gasteiger partial charge in [-0.1, -0.05) is 41.6 Å². The Balaban J connectivity index is 1.56. The van der Waals surface area contributed by atoms with Crippen molar-refractivity contribution < 1.29 is 9.84 Å². The quantitative estimate of drug-likeness (QED) is 0.619. The topological polar surface area (TPSA) is 60.2 Å². The summed E-state index contributed by atoms with van der Waals surface area (Å²) in [6.45, 7) is 2.22. The minimum atomic E-state index is -0.602.